The van der Waals surface area contributed by atoms with Gasteiger partial charge in [0.25, 0.3) is 10.0 Å². The molecule has 0 spiro atoms. The molecule has 0 heterocycles. The highest BCUT2D eigenvalue weighted by Crippen LogP contribution is 2.15. The molecular formula is C7H8FNO2S2. The van der Waals surface area contributed by atoms with Crippen molar-refractivity contribution >= 4 is 22.8 Å². The van der Waals surface area contributed by atoms with Crippen LogP contribution in [-0.4, -0.2) is 19.2 Å². The Labute approximate surface area is 81.8 Å². The van der Waals surface area contributed by atoms with Crippen LogP contribution in [0.5, 0.6) is 0 Å². The lowest BCUT2D eigenvalue weighted by atomic mass is 10.4. The van der Waals surface area contributed by atoms with Crippen LogP contribution in [0.2, 0.25) is 0 Å². The minimum atomic E-state index is -3.56. The second-order valence-electron chi connectivity index (χ2n) is 2.39. The first-order valence-electron chi connectivity index (χ1n) is 3.38. The van der Waals surface area contributed by atoms with Gasteiger partial charge < -0.3 is 0 Å². The third-order valence-electron chi connectivity index (χ3n) is 1.46. The van der Waals surface area contributed by atoms with Crippen molar-refractivity contribution in [3.8, 4) is 0 Å². The van der Waals surface area contributed by atoms with Crippen molar-refractivity contribution in [3.05, 3.63) is 30.1 Å². The molecule has 3 nitrogen and oxygen atoms in total. The van der Waals surface area contributed by atoms with E-state index in [1.54, 1.807) is 0 Å². The number of thiol groups is 1. The zero-order valence-electron chi connectivity index (χ0n) is 6.81. The number of nitrogens with zero attached hydrogens (tertiary/aromatic N) is 1. The van der Waals surface area contributed by atoms with Gasteiger partial charge in [-0.2, -0.15) is 0 Å². The number of sulfonamides is 1. The molecule has 0 aliphatic heterocycles. The fourth-order valence-corrected chi connectivity index (χ4v) is 1.83. The van der Waals surface area contributed by atoms with E-state index in [1.165, 1.54) is 19.2 Å². The molecule has 0 bridgehead atoms. The molecule has 0 aliphatic rings. The molecule has 0 aromatic heterocycles. The minimum Gasteiger partial charge on any atom is -0.207 e. The highest BCUT2D eigenvalue weighted by atomic mass is 32.3. The topological polar surface area (TPSA) is 37.4 Å². The largest absolute Gasteiger partial charge is 0.251 e. The Hall–Kier alpha value is -0.590. The zero-order chi connectivity index (χ0) is 10.1. The Bertz CT molecular complexity index is 385. The first kappa shape index (κ1) is 10.5. The number of hydrogen-bond donors (Lipinski definition) is 1. The summed E-state index contributed by atoms with van der Waals surface area (Å²) in [6.45, 7) is 0. The Balaban J connectivity index is 3.17. The number of benzene rings is 1. The second kappa shape index (κ2) is 3.65. The summed E-state index contributed by atoms with van der Waals surface area (Å²) in [5, 5.41) is 0. The summed E-state index contributed by atoms with van der Waals surface area (Å²) in [6, 6.07) is 4.56. The number of halogens is 1. The molecule has 0 unspecified atom stereocenters. The summed E-state index contributed by atoms with van der Waals surface area (Å²) >= 11 is 3.67. The third-order valence-corrected chi connectivity index (χ3v) is 3.67. The van der Waals surface area contributed by atoms with E-state index in [2.05, 4.69) is 12.8 Å². The molecule has 13 heavy (non-hydrogen) atoms. The first-order valence-corrected chi connectivity index (χ1v) is 5.22. The highest BCUT2D eigenvalue weighted by molar-refractivity contribution is 7.99. The second-order valence-corrected chi connectivity index (χ2v) is 5.23. The Morgan fingerprint density at radius 2 is 1.77 bits per heavy atom. The zero-order valence-corrected chi connectivity index (χ0v) is 8.52. The molecule has 0 amide bonds. The number of hydrogen-bond acceptors (Lipinski definition) is 3. The molecule has 1 aromatic carbocycles. The lowest BCUT2D eigenvalue weighted by Gasteiger charge is -2.09. The van der Waals surface area contributed by atoms with Gasteiger partial charge in [-0.15, -0.1) is 3.71 Å². The molecule has 72 valence electrons. The summed E-state index contributed by atoms with van der Waals surface area (Å²) in [4.78, 5) is 0.0198. The van der Waals surface area contributed by atoms with Crippen molar-refractivity contribution in [2.75, 3.05) is 7.05 Å². The molecular weight excluding hydrogens is 213 g/mol. The van der Waals surface area contributed by atoms with Gasteiger partial charge in [0.05, 0.1) is 4.90 Å². The van der Waals surface area contributed by atoms with Gasteiger partial charge >= 0.3 is 0 Å². The van der Waals surface area contributed by atoms with Crippen molar-refractivity contribution in [2.45, 2.75) is 4.90 Å². The smallest absolute Gasteiger partial charge is 0.207 e. The SMILES string of the molecule is CN(S)S(=O)(=O)c1ccc(F)cc1. The van der Waals surface area contributed by atoms with Crippen LogP contribution in [0.1, 0.15) is 0 Å². The van der Waals surface area contributed by atoms with E-state index in [4.69, 9.17) is 0 Å². The molecule has 1 rings (SSSR count). The van der Waals surface area contributed by atoms with Gasteiger partial charge in [-0.25, -0.2) is 12.8 Å². The molecule has 1 aromatic rings. The van der Waals surface area contributed by atoms with Gasteiger partial charge in [0.1, 0.15) is 5.82 Å². The molecule has 0 N–H and O–H groups in total. The predicted octanol–water partition coefficient (Wildman–Crippen LogP) is 1.29. The van der Waals surface area contributed by atoms with E-state index >= 15 is 0 Å². The van der Waals surface area contributed by atoms with Crippen LogP contribution in [-0.2, 0) is 10.0 Å². The summed E-state index contributed by atoms with van der Waals surface area (Å²) in [7, 11) is -2.27. The summed E-state index contributed by atoms with van der Waals surface area (Å²) < 4.78 is 36.0. The van der Waals surface area contributed by atoms with Crippen molar-refractivity contribution in [3.63, 3.8) is 0 Å². The standard InChI is InChI=1S/C7H8FNO2S2/c1-9(12)13(10,11)7-4-2-6(8)3-5-7/h2-5,12H,1H3. The first-order chi connectivity index (χ1) is 5.94. The van der Waals surface area contributed by atoms with E-state index in [0.717, 1.165) is 15.8 Å². The van der Waals surface area contributed by atoms with Crippen LogP contribution in [0, 0.1) is 5.82 Å². The molecule has 0 aliphatic carbocycles. The molecule has 0 radical (unpaired) electrons. The average molecular weight is 221 g/mol. The average Bonchev–Trinajstić information content (AvgIpc) is 2.04. The van der Waals surface area contributed by atoms with Crippen LogP contribution in [0.4, 0.5) is 4.39 Å². The molecule has 0 saturated heterocycles. The fourth-order valence-electron chi connectivity index (χ4n) is 0.759. The lowest BCUT2D eigenvalue weighted by Crippen LogP contribution is -2.17. The van der Waals surface area contributed by atoms with Gasteiger partial charge in [-0.05, 0) is 24.3 Å². The minimum absolute atomic E-state index is 0.0198. The van der Waals surface area contributed by atoms with Gasteiger partial charge in [-0.3, -0.25) is 0 Å². The molecule has 0 fully saturated rings. The van der Waals surface area contributed by atoms with Crippen LogP contribution >= 0.6 is 12.8 Å². The van der Waals surface area contributed by atoms with Crippen LogP contribution in [0.25, 0.3) is 0 Å². The monoisotopic (exact) mass is 221 g/mol. The van der Waals surface area contributed by atoms with Gasteiger partial charge in [0.2, 0.25) is 0 Å². The van der Waals surface area contributed by atoms with Crippen molar-refractivity contribution in [1.29, 1.82) is 0 Å². The maximum atomic E-state index is 12.4. The number of rotatable bonds is 2. The summed E-state index contributed by atoms with van der Waals surface area (Å²) in [5.41, 5.74) is 0. The van der Waals surface area contributed by atoms with E-state index in [0.29, 0.717) is 0 Å². The Morgan fingerprint density at radius 1 is 1.31 bits per heavy atom. The summed E-state index contributed by atoms with van der Waals surface area (Å²) in [6.07, 6.45) is 0. The quantitative estimate of drug-likeness (QED) is 0.764. The van der Waals surface area contributed by atoms with E-state index in [1.807, 2.05) is 0 Å². The van der Waals surface area contributed by atoms with E-state index in [-0.39, 0.29) is 4.90 Å². The molecule has 0 saturated carbocycles. The van der Waals surface area contributed by atoms with E-state index < -0.39 is 15.8 Å². The summed E-state index contributed by atoms with van der Waals surface area (Å²) in [5.74, 6) is -0.472. The van der Waals surface area contributed by atoms with Crippen LogP contribution in [0.15, 0.2) is 29.2 Å². The molecule has 6 heteroatoms. The highest BCUT2D eigenvalue weighted by Gasteiger charge is 2.17. The van der Waals surface area contributed by atoms with Crippen molar-refractivity contribution in [2.24, 2.45) is 0 Å². The Morgan fingerprint density at radius 3 is 2.15 bits per heavy atom. The fraction of sp³-hybridized carbons (Fsp3) is 0.143. The lowest BCUT2D eigenvalue weighted by molar-refractivity contribution is 0.565. The Kier molecular flexibility index (Phi) is 2.94. The van der Waals surface area contributed by atoms with Crippen molar-refractivity contribution in [1.82, 2.24) is 3.71 Å². The third kappa shape index (κ3) is 2.20. The van der Waals surface area contributed by atoms with Crippen LogP contribution < -0.4 is 0 Å². The van der Waals surface area contributed by atoms with Gasteiger partial charge in [-0.1, -0.05) is 12.8 Å². The van der Waals surface area contributed by atoms with Gasteiger partial charge in [0, 0.05) is 7.05 Å². The molecule has 0 atom stereocenters. The predicted molar refractivity (Wildman–Crippen MR) is 50.3 cm³/mol. The van der Waals surface area contributed by atoms with Crippen LogP contribution in [0.3, 0.4) is 0 Å². The van der Waals surface area contributed by atoms with Crippen molar-refractivity contribution < 1.29 is 12.8 Å². The normalized spacial score (nSPS) is 12.0. The maximum Gasteiger partial charge on any atom is 0.251 e. The maximum absolute atomic E-state index is 12.4. The van der Waals surface area contributed by atoms with E-state index in [9.17, 15) is 12.8 Å². The van der Waals surface area contributed by atoms with Gasteiger partial charge in [0.15, 0.2) is 0 Å².